The molecule has 0 unspecified atom stereocenters. The topological polar surface area (TPSA) is 146 Å². The maximum Gasteiger partial charge on any atom is 0.339 e. The Morgan fingerprint density at radius 2 is 1.75 bits per heavy atom. The predicted molar refractivity (Wildman–Crippen MR) is 141 cm³/mol. The zero-order chi connectivity index (χ0) is 28.8. The summed E-state index contributed by atoms with van der Waals surface area (Å²) in [5, 5.41) is 21.9. The number of halogens is 2. The van der Waals surface area contributed by atoms with Crippen LogP contribution in [0.15, 0.2) is 52.9 Å². The molecule has 4 aromatic rings. The van der Waals surface area contributed by atoms with E-state index in [2.05, 4.69) is 10.0 Å². The summed E-state index contributed by atoms with van der Waals surface area (Å²) in [5.41, 5.74) is 1.34. The molecule has 0 saturated heterocycles. The van der Waals surface area contributed by atoms with E-state index in [-0.39, 0.29) is 28.4 Å². The van der Waals surface area contributed by atoms with Crippen molar-refractivity contribution in [3.63, 3.8) is 0 Å². The van der Waals surface area contributed by atoms with Gasteiger partial charge in [-0.1, -0.05) is 0 Å². The number of sulfonamides is 1. The zero-order valence-corrected chi connectivity index (χ0v) is 21.9. The van der Waals surface area contributed by atoms with Gasteiger partial charge in [0.2, 0.25) is 10.0 Å². The highest BCUT2D eigenvalue weighted by molar-refractivity contribution is 7.88. The lowest BCUT2D eigenvalue weighted by Crippen LogP contribution is -2.25. The summed E-state index contributed by atoms with van der Waals surface area (Å²) in [7, 11) is -2.59. The van der Waals surface area contributed by atoms with E-state index >= 15 is 0 Å². The molecule has 1 saturated carbocycles. The van der Waals surface area contributed by atoms with Gasteiger partial charge >= 0.3 is 5.97 Å². The van der Waals surface area contributed by atoms with Crippen molar-refractivity contribution in [3.05, 3.63) is 88.0 Å². The van der Waals surface area contributed by atoms with Gasteiger partial charge in [0.25, 0.3) is 5.91 Å². The summed E-state index contributed by atoms with van der Waals surface area (Å²) in [4.78, 5) is 24.1. The SMILES string of the molecule is CNC(=O)c1c(-c2ccc(F)cc2)oc2cc(CS(=O)(=O)NCc3cc(C(=O)O)c(O)cc3F)c(C3CC3)cc12. The van der Waals surface area contributed by atoms with Crippen LogP contribution in [0.5, 0.6) is 5.75 Å². The van der Waals surface area contributed by atoms with Crippen LogP contribution in [0.3, 0.4) is 0 Å². The number of hydrogen-bond donors (Lipinski definition) is 4. The van der Waals surface area contributed by atoms with E-state index in [1.165, 1.54) is 31.3 Å². The third-order valence-corrected chi connectivity index (χ3v) is 8.03. The number of aromatic hydroxyl groups is 1. The van der Waals surface area contributed by atoms with Gasteiger partial charge in [-0.2, -0.15) is 0 Å². The second kappa shape index (κ2) is 10.4. The van der Waals surface area contributed by atoms with Crippen LogP contribution in [0.4, 0.5) is 8.78 Å². The average molecular weight is 571 g/mol. The van der Waals surface area contributed by atoms with Crippen molar-refractivity contribution in [2.24, 2.45) is 0 Å². The van der Waals surface area contributed by atoms with Gasteiger partial charge in [-0.15, -0.1) is 0 Å². The van der Waals surface area contributed by atoms with Crippen molar-refractivity contribution in [3.8, 4) is 17.1 Å². The first-order valence-electron chi connectivity index (χ1n) is 12.3. The van der Waals surface area contributed by atoms with Crippen LogP contribution in [0.2, 0.25) is 0 Å². The van der Waals surface area contributed by atoms with Crippen LogP contribution in [0.25, 0.3) is 22.3 Å². The van der Waals surface area contributed by atoms with Gasteiger partial charge in [-0.25, -0.2) is 26.7 Å². The Kier molecular flexibility index (Phi) is 7.06. The Balaban J connectivity index is 1.51. The number of carbonyl (C=O) groups excluding carboxylic acids is 1. The highest BCUT2D eigenvalue weighted by Gasteiger charge is 2.31. The van der Waals surface area contributed by atoms with Crippen molar-refractivity contribution >= 4 is 32.9 Å². The molecule has 0 aliphatic heterocycles. The third-order valence-electron chi connectivity index (χ3n) is 6.75. The summed E-state index contributed by atoms with van der Waals surface area (Å²) in [6, 6.07) is 10.2. The molecule has 4 N–H and O–H groups in total. The Morgan fingerprint density at radius 3 is 2.38 bits per heavy atom. The number of carboxylic acids is 1. The summed E-state index contributed by atoms with van der Waals surface area (Å²) in [6.07, 6.45) is 1.67. The van der Waals surface area contributed by atoms with Crippen molar-refractivity contribution < 1.29 is 41.4 Å². The summed E-state index contributed by atoms with van der Waals surface area (Å²) in [6.45, 7) is -0.536. The molecule has 1 aromatic heterocycles. The standard InChI is InChI=1S/C28H24F2N2O7S/c1-31-27(34)25-21-10-19(14-2-3-14)17(9-24(21)39-26(25)15-4-6-18(29)7-5-15)13-40(37,38)32-12-16-8-20(28(35)36)23(33)11-22(16)30/h4-11,14,32-33H,2-3,12-13H2,1H3,(H,31,34)(H,35,36). The zero-order valence-electron chi connectivity index (χ0n) is 21.1. The average Bonchev–Trinajstić information content (AvgIpc) is 3.68. The fourth-order valence-electron chi connectivity index (χ4n) is 4.61. The maximum atomic E-state index is 14.3. The number of hydrogen-bond acceptors (Lipinski definition) is 6. The summed E-state index contributed by atoms with van der Waals surface area (Å²) in [5.74, 6) is -4.28. The summed E-state index contributed by atoms with van der Waals surface area (Å²) >= 11 is 0. The Morgan fingerprint density at radius 1 is 1.05 bits per heavy atom. The number of benzene rings is 3. The molecular formula is C28H24F2N2O7S. The van der Waals surface area contributed by atoms with Gasteiger partial charge in [-0.05, 0) is 72.4 Å². The lowest BCUT2D eigenvalue weighted by atomic mass is 9.98. The van der Waals surface area contributed by atoms with Gasteiger partial charge in [0.05, 0.1) is 11.3 Å². The molecule has 5 rings (SSSR count). The monoisotopic (exact) mass is 570 g/mol. The molecule has 0 radical (unpaired) electrons. The number of nitrogens with one attached hydrogen (secondary N) is 2. The van der Waals surface area contributed by atoms with Crippen LogP contribution < -0.4 is 10.0 Å². The van der Waals surface area contributed by atoms with Crippen LogP contribution in [-0.4, -0.2) is 37.6 Å². The molecule has 0 atom stereocenters. The number of furan rings is 1. The van der Waals surface area contributed by atoms with E-state index in [1.807, 2.05) is 0 Å². The maximum absolute atomic E-state index is 14.3. The third kappa shape index (κ3) is 5.40. The second-order valence-corrected chi connectivity index (χ2v) is 11.4. The first-order chi connectivity index (χ1) is 19.0. The van der Waals surface area contributed by atoms with E-state index in [4.69, 9.17) is 9.52 Å². The van der Waals surface area contributed by atoms with Crippen LogP contribution >= 0.6 is 0 Å². The molecule has 208 valence electrons. The van der Waals surface area contributed by atoms with Gasteiger partial charge in [0, 0.05) is 36.2 Å². The quantitative estimate of drug-likeness (QED) is 0.229. The second-order valence-electron chi connectivity index (χ2n) is 9.56. The minimum Gasteiger partial charge on any atom is -0.507 e. The predicted octanol–water partition coefficient (Wildman–Crippen LogP) is 4.64. The number of phenols is 1. The van der Waals surface area contributed by atoms with Crippen LogP contribution in [-0.2, 0) is 22.3 Å². The first-order valence-corrected chi connectivity index (χ1v) is 13.9. The van der Waals surface area contributed by atoms with Gasteiger partial charge in [0.1, 0.15) is 34.3 Å². The van der Waals surface area contributed by atoms with E-state index in [1.54, 1.807) is 12.1 Å². The lowest BCUT2D eigenvalue weighted by molar-refractivity contribution is 0.0693. The van der Waals surface area contributed by atoms with Crippen LogP contribution in [0.1, 0.15) is 56.2 Å². The Hall–Kier alpha value is -4.29. The highest BCUT2D eigenvalue weighted by atomic mass is 32.2. The molecule has 1 aliphatic carbocycles. The molecule has 1 heterocycles. The fourth-order valence-corrected chi connectivity index (χ4v) is 5.75. The van der Waals surface area contributed by atoms with E-state index < -0.39 is 57.1 Å². The van der Waals surface area contributed by atoms with E-state index in [9.17, 15) is 31.9 Å². The number of amides is 1. The number of aromatic carboxylic acids is 1. The highest BCUT2D eigenvalue weighted by Crippen LogP contribution is 2.45. The van der Waals surface area contributed by atoms with E-state index in [0.29, 0.717) is 22.6 Å². The van der Waals surface area contributed by atoms with E-state index in [0.717, 1.165) is 24.5 Å². The molecule has 1 amide bonds. The van der Waals surface area contributed by atoms with Gasteiger partial charge in [-0.3, -0.25) is 4.79 Å². The number of fused-ring (bicyclic) bond motifs is 1. The number of rotatable bonds is 9. The van der Waals surface area contributed by atoms with Gasteiger partial charge in [0.15, 0.2) is 0 Å². The minimum atomic E-state index is -4.06. The largest absolute Gasteiger partial charge is 0.507 e. The molecule has 9 nitrogen and oxygen atoms in total. The summed E-state index contributed by atoms with van der Waals surface area (Å²) < 4.78 is 62.2. The minimum absolute atomic E-state index is 0.0870. The first kappa shape index (κ1) is 27.3. The number of carbonyl (C=O) groups is 2. The van der Waals surface area contributed by atoms with Crippen LogP contribution in [0, 0.1) is 11.6 Å². The number of carboxylic acid groups (broad SMARTS) is 1. The Bertz CT molecular complexity index is 1760. The molecule has 40 heavy (non-hydrogen) atoms. The molecular weight excluding hydrogens is 546 g/mol. The molecule has 1 aliphatic rings. The fraction of sp³-hybridized carbons (Fsp3) is 0.214. The smallest absolute Gasteiger partial charge is 0.339 e. The molecule has 0 bridgehead atoms. The Labute approximate surface area is 227 Å². The van der Waals surface area contributed by atoms with Gasteiger partial charge < -0.3 is 19.9 Å². The van der Waals surface area contributed by atoms with Crippen molar-refractivity contribution in [1.29, 1.82) is 0 Å². The van der Waals surface area contributed by atoms with Crippen molar-refractivity contribution in [2.75, 3.05) is 7.05 Å². The molecule has 0 spiro atoms. The molecule has 1 fully saturated rings. The normalized spacial score (nSPS) is 13.5. The van der Waals surface area contributed by atoms with Crippen molar-refractivity contribution in [2.45, 2.75) is 31.1 Å². The molecule has 3 aromatic carbocycles. The lowest BCUT2D eigenvalue weighted by Gasteiger charge is -2.12. The van der Waals surface area contributed by atoms with Crippen molar-refractivity contribution in [1.82, 2.24) is 10.0 Å². The molecule has 12 heteroatoms.